The fourth-order valence-corrected chi connectivity index (χ4v) is 2.36. The number of hydrogen-bond acceptors (Lipinski definition) is 5. The topological polar surface area (TPSA) is 67.0 Å². The molecule has 0 unspecified atom stereocenters. The molecule has 0 amide bonds. The summed E-state index contributed by atoms with van der Waals surface area (Å²) in [6, 6.07) is 3.70. The lowest BCUT2D eigenvalue weighted by Crippen LogP contribution is -2.34. The van der Waals surface area contributed by atoms with E-state index in [1.54, 1.807) is 24.5 Å². The van der Waals surface area contributed by atoms with Gasteiger partial charge in [-0.15, -0.1) is 11.3 Å². The van der Waals surface area contributed by atoms with Gasteiger partial charge in [-0.1, -0.05) is 6.07 Å². The molecule has 0 aliphatic carbocycles. The highest BCUT2D eigenvalue weighted by atomic mass is 32.1. The Balaban J connectivity index is 2.03. The third kappa shape index (κ3) is 2.77. The maximum atomic E-state index is 11.3. The lowest BCUT2D eigenvalue weighted by molar-refractivity contribution is -0.142. The zero-order valence-corrected chi connectivity index (χ0v) is 11.1. The van der Waals surface area contributed by atoms with Crippen molar-refractivity contribution in [2.24, 2.45) is 0 Å². The van der Waals surface area contributed by atoms with Gasteiger partial charge in [0.2, 0.25) is 0 Å². The number of hydrogen-bond donors (Lipinski definition) is 2. The molecule has 0 saturated carbocycles. The molecular weight excluding hydrogens is 250 g/mol. The van der Waals surface area contributed by atoms with Crippen LogP contribution in [0.4, 0.5) is 0 Å². The fraction of sp³-hybridized carbons (Fsp3) is 0.333. The molecule has 2 heterocycles. The number of ether oxygens (including phenoxy) is 1. The van der Waals surface area contributed by atoms with E-state index in [0.717, 1.165) is 16.1 Å². The van der Waals surface area contributed by atoms with Crippen molar-refractivity contribution in [3.05, 3.63) is 29.3 Å². The van der Waals surface area contributed by atoms with E-state index in [1.165, 1.54) is 7.11 Å². The van der Waals surface area contributed by atoms with Crippen molar-refractivity contribution < 1.29 is 9.53 Å². The molecular formula is C12H15N3O2S. The third-order valence-corrected chi connectivity index (χ3v) is 3.53. The second kappa shape index (κ2) is 5.79. The molecule has 18 heavy (non-hydrogen) atoms. The highest BCUT2D eigenvalue weighted by molar-refractivity contribution is 7.13. The number of esters is 1. The molecule has 6 heteroatoms. The number of carbonyl (C=O) groups is 1. The summed E-state index contributed by atoms with van der Waals surface area (Å²) in [5.41, 5.74) is 2.03. The van der Waals surface area contributed by atoms with Crippen LogP contribution in [-0.2, 0) is 16.1 Å². The molecule has 0 aromatic carbocycles. The standard InChI is InChI=1S/C12H15N3O2S/c1-8(12(16)17-2)13-6-9-7-14-15-11(9)10-4-3-5-18-10/h3-5,7-8,13H,6H2,1-2H3,(H,14,15)/t8-/m0/s1. The zero-order chi connectivity index (χ0) is 13.0. The Hall–Kier alpha value is -1.66. The molecule has 2 aromatic heterocycles. The molecule has 2 N–H and O–H groups in total. The van der Waals surface area contributed by atoms with Crippen molar-refractivity contribution in [2.45, 2.75) is 19.5 Å². The molecule has 96 valence electrons. The summed E-state index contributed by atoms with van der Waals surface area (Å²) in [6.45, 7) is 2.34. The molecule has 0 bridgehead atoms. The van der Waals surface area contributed by atoms with Gasteiger partial charge in [0.25, 0.3) is 0 Å². The van der Waals surface area contributed by atoms with Crippen molar-refractivity contribution in [3.63, 3.8) is 0 Å². The maximum absolute atomic E-state index is 11.3. The average Bonchev–Trinajstić information content (AvgIpc) is 3.04. The summed E-state index contributed by atoms with van der Waals surface area (Å²) in [5, 5.41) is 12.2. The summed E-state index contributed by atoms with van der Waals surface area (Å²) in [7, 11) is 1.38. The number of H-pyrrole nitrogens is 1. The van der Waals surface area contributed by atoms with Crippen LogP contribution >= 0.6 is 11.3 Å². The molecule has 0 fully saturated rings. The lowest BCUT2D eigenvalue weighted by Gasteiger charge is -2.10. The second-order valence-corrected chi connectivity index (χ2v) is 4.82. The average molecular weight is 265 g/mol. The first kappa shape index (κ1) is 12.8. The Morgan fingerprint density at radius 2 is 2.50 bits per heavy atom. The van der Waals surface area contributed by atoms with Gasteiger partial charge in [0.15, 0.2) is 0 Å². The van der Waals surface area contributed by atoms with Crippen LogP contribution in [0, 0.1) is 0 Å². The summed E-state index contributed by atoms with van der Waals surface area (Å²) in [5.74, 6) is -0.267. The number of nitrogens with zero attached hydrogens (tertiary/aromatic N) is 1. The van der Waals surface area contributed by atoms with E-state index in [9.17, 15) is 4.79 Å². The molecule has 0 aliphatic heterocycles. The molecule has 0 radical (unpaired) electrons. The minimum atomic E-state index is -0.332. The normalized spacial score (nSPS) is 12.3. The molecule has 5 nitrogen and oxygen atoms in total. The minimum Gasteiger partial charge on any atom is -0.468 e. The number of aromatic amines is 1. The van der Waals surface area contributed by atoms with E-state index in [-0.39, 0.29) is 12.0 Å². The molecule has 0 spiro atoms. The molecule has 1 atom stereocenters. The fourth-order valence-electron chi connectivity index (χ4n) is 1.60. The van der Waals surface area contributed by atoms with E-state index in [0.29, 0.717) is 6.54 Å². The van der Waals surface area contributed by atoms with Crippen LogP contribution in [0.2, 0.25) is 0 Å². The van der Waals surface area contributed by atoms with Crippen LogP contribution in [-0.4, -0.2) is 29.3 Å². The van der Waals surface area contributed by atoms with Crippen molar-refractivity contribution in [2.75, 3.05) is 7.11 Å². The minimum absolute atomic E-state index is 0.267. The lowest BCUT2D eigenvalue weighted by atomic mass is 10.2. The summed E-state index contributed by atoms with van der Waals surface area (Å²) in [6.07, 6.45) is 1.77. The van der Waals surface area contributed by atoms with E-state index in [2.05, 4.69) is 20.3 Å². The summed E-state index contributed by atoms with van der Waals surface area (Å²) in [4.78, 5) is 12.4. The van der Waals surface area contributed by atoms with Crippen LogP contribution < -0.4 is 5.32 Å². The van der Waals surface area contributed by atoms with E-state index >= 15 is 0 Å². The van der Waals surface area contributed by atoms with Gasteiger partial charge in [-0.3, -0.25) is 9.89 Å². The quantitative estimate of drug-likeness (QED) is 0.809. The van der Waals surface area contributed by atoms with Crippen molar-refractivity contribution in [1.29, 1.82) is 0 Å². The Kier molecular flexibility index (Phi) is 4.11. The van der Waals surface area contributed by atoms with Gasteiger partial charge in [0, 0.05) is 12.1 Å². The highest BCUT2D eigenvalue weighted by Gasteiger charge is 2.14. The number of rotatable bonds is 5. The predicted molar refractivity (Wildman–Crippen MR) is 70.2 cm³/mol. The maximum Gasteiger partial charge on any atom is 0.322 e. The van der Waals surface area contributed by atoms with Gasteiger partial charge in [-0.2, -0.15) is 5.10 Å². The van der Waals surface area contributed by atoms with Gasteiger partial charge in [0.1, 0.15) is 6.04 Å². The Labute approximate surface area is 109 Å². The number of nitrogens with one attached hydrogen (secondary N) is 2. The van der Waals surface area contributed by atoms with Gasteiger partial charge >= 0.3 is 5.97 Å². The first-order chi connectivity index (χ1) is 8.72. The molecule has 2 rings (SSSR count). The van der Waals surface area contributed by atoms with Crippen molar-refractivity contribution in [1.82, 2.24) is 15.5 Å². The van der Waals surface area contributed by atoms with Gasteiger partial charge < -0.3 is 10.1 Å². The van der Waals surface area contributed by atoms with Crippen LogP contribution in [0.1, 0.15) is 12.5 Å². The summed E-state index contributed by atoms with van der Waals surface area (Å²) >= 11 is 1.65. The first-order valence-corrected chi connectivity index (χ1v) is 6.47. The van der Waals surface area contributed by atoms with Crippen molar-refractivity contribution >= 4 is 17.3 Å². The number of aromatic nitrogens is 2. The highest BCUT2D eigenvalue weighted by Crippen LogP contribution is 2.25. The first-order valence-electron chi connectivity index (χ1n) is 5.59. The van der Waals surface area contributed by atoms with Crippen molar-refractivity contribution in [3.8, 4) is 10.6 Å². The van der Waals surface area contributed by atoms with Crippen LogP contribution in [0.3, 0.4) is 0 Å². The third-order valence-electron chi connectivity index (χ3n) is 2.64. The molecule has 0 aliphatic rings. The van der Waals surface area contributed by atoms with Gasteiger partial charge in [-0.25, -0.2) is 0 Å². The van der Waals surface area contributed by atoms with E-state index in [4.69, 9.17) is 0 Å². The van der Waals surface area contributed by atoms with Gasteiger partial charge in [-0.05, 0) is 18.4 Å². The number of carbonyl (C=O) groups excluding carboxylic acids is 1. The number of thiophene rings is 1. The SMILES string of the molecule is COC(=O)[C@H](C)NCc1cn[nH]c1-c1cccs1. The molecule has 0 saturated heterocycles. The molecule has 2 aromatic rings. The summed E-state index contributed by atoms with van der Waals surface area (Å²) < 4.78 is 4.66. The predicted octanol–water partition coefficient (Wildman–Crippen LogP) is 1.79. The van der Waals surface area contributed by atoms with Crippen LogP contribution in [0.25, 0.3) is 10.6 Å². The smallest absolute Gasteiger partial charge is 0.322 e. The van der Waals surface area contributed by atoms with E-state index in [1.807, 2.05) is 17.5 Å². The Morgan fingerprint density at radius 3 is 3.17 bits per heavy atom. The monoisotopic (exact) mass is 265 g/mol. The van der Waals surface area contributed by atoms with Gasteiger partial charge in [0.05, 0.1) is 23.9 Å². The second-order valence-electron chi connectivity index (χ2n) is 3.87. The van der Waals surface area contributed by atoms with Crippen LogP contribution in [0.5, 0.6) is 0 Å². The largest absolute Gasteiger partial charge is 0.468 e. The van der Waals surface area contributed by atoms with E-state index < -0.39 is 0 Å². The number of methoxy groups -OCH3 is 1. The van der Waals surface area contributed by atoms with Crippen LogP contribution in [0.15, 0.2) is 23.7 Å². The zero-order valence-electron chi connectivity index (χ0n) is 10.3. The Morgan fingerprint density at radius 1 is 1.67 bits per heavy atom. The Bertz CT molecular complexity index is 507.